The summed E-state index contributed by atoms with van der Waals surface area (Å²) in [6.45, 7) is 0. The van der Waals surface area contributed by atoms with Crippen molar-refractivity contribution < 1.29 is 13.2 Å². The van der Waals surface area contributed by atoms with Gasteiger partial charge in [-0.05, 0) is 30.3 Å². The molecule has 0 heterocycles. The third kappa shape index (κ3) is 2.49. The SMILES string of the molecule is N#Cc1c(F)cccc1Sc1ccc(F)c(F)c1. The lowest BCUT2D eigenvalue weighted by molar-refractivity contribution is 0.506. The molecule has 0 spiro atoms. The van der Waals surface area contributed by atoms with Gasteiger partial charge in [-0.15, -0.1) is 0 Å². The van der Waals surface area contributed by atoms with E-state index in [9.17, 15) is 13.2 Å². The maximum atomic E-state index is 13.3. The number of hydrogen-bond donors (Lipinski definition) is 0. The number of hydrogen-bond acceptors (Lipinski definition) is 2. The molecule has 0 fully saturated rings. The Morgan fingerprint density at radius 2 is 1.72 bits per heavy atom. The highest BCUT2D eigenvalue weighted by Crippen LogP contribution is 2.31. The summed E-state index contributed by atoms with van der Waals surface area (Å²) in [5, 5.41) is 8.84. The zero-order chi connectivity index (χ0) is 13.1. The van der Waals surface area contributed by atoms with Crippen LogP contribution in [0.5, 0.6) is 0 Å². The molecule has 5 heteroatoms. The van der Waals surface area contributed by atoms with Crippen LogP contribution < -0.4 is 0 Å². The first-order valence-corrected chi connectivity index (χ1v) is 5.75. The standard InChI is InChI=1S/C13H6F3NS/c14-10-2-1-3-13(9(10)7-17)18-8-4-5-11(15)12(16)6-8/h1-6H. The molecule has 2 aromatic rings. The minimum absolute atomic E-state index is 0.104. The van der Waals surface area contributed by atoms with E-state index in [0.717, 1.165) is 23.9 Å². The van der Waals surface area contributed by atoms with Crippen molar-refractivity contribution in [3.8, 4) is 6.07 Å². The molecule has 0 aliphatic rings. The first kappa shape index (κ1) is 12.5. The van der Waals surface area contributed by atoms with E-state index in [-0.39, 0.29) is 5.56 Å². The lowest BCUT2D eigenvalue weighted by Crippen LogP contribution is -1.88. The molecule has 0 atom stereocenters. The number of nitrogens with zero attached hydrogens (tertiary/aromatic N) is 1. The largest absolute Gasteiger partial charge is 0.206 e. The van der Waals surface area contributed by atoms with E-state index < -0.39 is 17.5 Å². The fourth-order valence-electron chi connectivity index (χ4n) is 1.37. The third-order valence-electron chi connectivity index (χ3n) is 2.21. The Morgan fingerprint density at radius 1 is 0.944 bits per heavy atom. The summed E-state index contributed by atoms with van der Waals surface area (Å²) in [6, 6.07) is 9.29. The fourth-order valence-corrected chi connectivity index (χ4v) is 2.31. The van der Waals surface area contributed by atoms with Gasteiger partial charge in [-0.2, -0.15) is 5.26 Å². The first-order chi connectivity index (χ1) is 8.61. The van der Waals surface area contributed by atoms with Crippen LogP contribution in [0.1, 0.15) is 5.56 Å². The summed E-state index contributed by atoms with van der Waals surface area (Å²) in [5.41, 5.74) is -0.104. The molecule has 0 unspecified atom stereocenters. The highest BCUT2D eigenvalue weighted by atomic mass is 32.2. The van der Waals surface area contributed by atoms with Crippen LogP contribution in [0.25, 0.3) is 0 Å². The van der Waals surface area contributed by atoms with Gasteiger partial charge in [0.15, 0.2) is 11.6 Å². The van der Waals surface area contributed by atoms with Crippen LogP contribution in [0.15, 0.2) is 46.2 Å². The summed E-state index contributed by atoms with van der Waals surface area (Å²) >= 11 is 1.01. The highest BCUT2D eigenvalue weighted by Gasteiger charge is 2.10. The van der Waals surface area contributed by atoms with Gasteiger partial charge in [-0.25, -0.2) is 13.2 Å². The molecule has 2 aromatic carbocycles. The van der Waals surface area contributed by atoms with E-state index in [2.05, 4.69) is 0 Å². The van der Waals surface area contributed by atoms with Gasteiger partial charge >= 0.3 is 0 Å². The van der Waals surface area contributed by atoms with Crippen LogP contribution in [0.2, 0.25) is 0 Å². The van der Waals surface area contributed by atoms with Gasteiger partial charge in [0.2, 0.25) is 0 Å². The molecule has 1 nitrogen and oxygen atoms in total. The van der Waals surface area contributed by atoms with E-state index in [0.29, 0.717) is 9.79 Å². The van der Waals surface area contributed by atoms with Crippen LogP contribution in [-0.4, -0.2) is 0 Å². The predicted octanol–water partition coefficient (Wildman–Crippen LogP) is 4.13. The number of benzene rings is 2. The molecule has 0 saturated heterocycles. The predicted molar refractivity (Wildman–Crippen MR) is 61.6 cm³/mol. The molecule has 0 amide bonds. The Kier molecular flexibility index (Phi) is 3.58. The van der Waals surface area contributed by atoms with Gasteiger partial charge in [-0.3, -0.25) is 0 Å². The van der Waals surface area contributed by atoms with Gasteiger partial charge in [0.05, 0.1) is 0 Å². The third-order valence-corrected chi connectivity index (χ3v) is 3.26. The minimum Gasteiger partial charge on any atom is -0.206 e. The molecule has 18 heavy (non-hydrogen) atoms. The average Bonchev–Trinajstić information content (AvgIpc) is 2.34. The number of rotatable bonds is 2. The van der Waals surface area contributed by atoms with Gasteiger partial charge < -0.3 is 0 Å². The Labute approximate surface area is 106 Å². The molecule has 2 rings (SSSR count). The van der Waals surface area contributed by atoms with Crippen molar-refractivity contribution in [1.29, 1.82) is 5.26 Å². The Morgan fingerprint density at radius 3 is 2.39 bits per heavy atom. The lowest BCUT2D eigenvalue weighted by Gasteiger charge is -2.04. The molecule has 90 valence electrons. The molecule has 0 N–H and O–H groups in total. The fraction of sp³-hybridized carbons (Fsp3) is 0. The molecule has 0 aliphatic carbocycles. The topological polar surface area (TPSA) is 23.8 Å². The van der Waals surface area contributed by atoms with Crippen LogP contribution in [0.4, 0.5) is 13.2 Å². The minimum atomic E-state index is -0.977. The lowest BCUT2D eigenvalue weighted by atomic mass is 10.2. The van der Waals surface area contributed by atoms with Gasteiger partial charge in [-0.1, -0.05) is 17.8 Å². The second-order valence-electron chi connectivity index (χ2n) is 3.40. The zero-order valence-electron chi connectivity index (χ0n) is 8.95. The molecule has 0 aliphatic heterocycles. The molecule has 0 radical (unpaired) electrons. The summed E-state index contributed by atoms with van der Waals surface area (Å²) in [5.74, 6) is -2.56. The van der Waals surface area contributed by atoms with Gasteiger partial charge in [0.25, 0.3) is 0 Å². The normalized spacial score (nSPS) is 10.1. The molecular weight excluding hydrogens is 259 g/mol. The van der Waals surface area contributed by atoms with Crippen LogP contribution >= 0.6 is 11.8 Å². The first-order valence-electron chi connectivity index (χ1n) is 4.93. The van der Waals surface area contributed by atoms with E-state index in [4.69, 9.17) is 5.26 Å². The van der Waals surface area contributed by atoms with Gasteiger partial charge in [0, 0.05) is 9.79 Å². The van der Waals surface area contributed by atoms with Crippen molar-refractivity contribution in [3.63, 3.8) is 0 Å². The Hall–Kier alpha value is -1.93. The van der Waals surface area contributed by atoms with Crippen molar-refractivity contribution in [3.05, 3.63) is 59.4 Å². The molecule has 0 bridgehead atoms. The van der Waals surface area contributed by atoms with Crippen molar-refractivity contribution >= 4 is 11.8 Å². The number of nitriles is 1. The molecular formula is C13H6F3NS. The van der Waals surface area contributed by atoms with E-state index in [1.807, 2.05) is 0 Å². The number of halogens is 3. The average molecular weight is 265 g/mol. The maximum Gasteiger partial charge on any atom is 0.159 e. The van der Waals surface area contributed by atoms with Crippen molar-refractivity contribution in [2.24, 2.45) is 0 Å². The van der Waals surface area contributed by atoms with E-state index >= 15 is 0 Å². The van der Waals surface area contributed by atoms with Crippen molar-refractivity contribution in [2.45, 2.75) is 9.79 Å². The highest BCUT2D eigenvalue weighted by molar-refractivity contribution is 7.99. The Bertz CT molecular complexity index is 635. The Balaban J connectivity index is 2.37. The molecule has 0 saturated carbocycles. The van der Waals surface area contributed by atoms with Crippen LogP contribution in [-0.2, 0) is 0 Å². The van der Waals surface area contributed by atoms with E-state index in [1.165, 1.54) is 18.2 Å². The van der Waals surface area contributed by atoms with Crippen LogP contribution in [0.3, 0.4) is 0 Å². The van der Waals surface area contributed by atoms with Crippen molar-refractivity contribution in [2.75, 3.05) is 0 Å². The zero-order valence-corrected chi connectivity index (χ0v) is 9.77. The summed E-state index contributed by atoms with van der Waals surface area (Å²) < 4.78 is 39.1. The maximum absolute atomic E-state index is 13.3. The van der Waals surface area contributed by atoms with E-state index in [1.54, 1.807) is 12.1 Å². The summed E-state index contributed by atoms with van der Waals surface area (Å²) in [6.07, 6.45) is 0. The van der Waals surface area contributed by atoms with Crippen LogP contribution in [0, 0.1) is 28.8 Å². The van der Waals surface area contributed by atoms with Crippen molar-refractivity contribution in [1.82, 2.24) is 0 Å². The quantitative estimate of drug-likeness (QED) is 0.815. The summed E-state index contributed by atoms with van der Waals surface area (Å²) in [4.78, 5) is 0.763. The second kappa shape index (κ2) is 5.15. The monoisotopic (exact) mass is 265 g/mol. The second-order valence-corrected chi connectivity index (χ2v) is 4.52. The molecule has 0 aromatic heterocycles. The summed E-state index contributed by atoms with van der Waals surface area (Å²) in [7, 11) is 0. The smallest absolute Gasteiger partial charge is 0.159 e. The van der Waals surface area contributed by atoms with Gasteiger partial charge in [0.1, 0.15) is 17.4 Å².